The molecule has 1 saturated carbocycles. The van der Waals surface area contributed by atoms with E-state index < -0.39 is 0 Å². The Balaban J connectivity index is 2.14. The van der Waals surface area contributed by atoms with Crippen molar-refractivity contribution in [3.05, 3.63) is 34.9 Å². The first-order chi connectivity index (χ1) is 7.27. The van der Waals surface area contributed by atoms with E-state index in [9.17, 15) is 0 Å². The second-order valence-corrected chi connectivity index (χ2v) is 4.49. The number of hydrogen-bond donors (Lipinski definition) is 1. The van der Waals surface area contributed by atoms with Gasteiger partial charge >= 0.3 is 0 Å². The Kier molecular flexibility index (Phi) is 3.29. The van der Waals surface area contributed by atoms with E-state index in [1.807, 2.05) is 12.1 Å². The molecule has 1 aliphatic carbocycles. The fraction of sp³-hybridized carbons (Fsp3) is 0.500. The van der Waals surface area contributed by atoms with Crippen molar-refractivity contribution in [2.24, 2.45) is 0 Å². The first-order valence-electron chi connectivity index (χ1n) is 5.27. The largest absolute Gasteiger partial charge is 0.370 e. The van der Waals surface area contributed by atoms with Gasteiger partial charge in [-0.2, -0.15) is 0 Å². The number of hydrogen-bond acceptors (Lipinski definition) is 2. The molecular formula is C12H16ClNO. The molecule has 82 valence electrons. The highest BCUT2D eigenvalue weighted by molar-refractivity contribution is 6.30. The van der Waals surface area contributed by atoms with Crippen LogP contribution < -0.4 is 5.32 Å². The van der Waals surface area contributed by atoms with Crippen LogP contribution in [0.1, 0.15) is 24.8 Å². The molecule has 1 aliphatic rings. The van der Waals surface area contributed by atoms with Crippen LogP contribution in [0.4, 0.5) is 0 Å². The van der Waals surface area contributed by atoms with Gasteiger partial charge in [0.2, 0.25) is 0 Å². The average molecular weight is 226 g/mol. The van der Waals surface area contributed by atoms with Crippen LogP contribution in [-0.2, 0) is 10.3 Å². The van der Waals surface area contributed by atoms with Gasteiger partial charge in [-0.3, -0.25) is 5.32 Å². The standard InChI is InChI=1S/C12H16ClNO/c1-15-9-14-12(7-2-8-12)10-3-5-11(13)6-4-10/h3-6,14H,2,7-9H2,1H3. The van der Waals surface area contributed by atoms with Gasteiger partial charge < -0.3 is 4.74 Å². The molecule has 15 heavy (non-hydrogen) atoms. The summed E-state index contributed by atoms with van der Waals surface area (Å²) >= 11 is 5.88. The van der Waals surface area contributed by atoms with E-state index in [0.29, 0.717) is 6.73 Å². The molecule has 2 nitrogen and oxygen atoms in total. The molecule has 0 unspecified atom stereocenters. The van der Waals surface area contributed by atoms with E-state index in [1.165, 1.54) is 24.8 Å². The second kappa shape index (κ2) is 4.52. The molecule has 2 rings (SSSR count). The molecule has 0 amide bonds. The van der Waals surface area contributed by atoms with Gasteiger partial charge in [0.1, 0.15) is 0 Å². The maximum Gasteiger partial charge on any atom is 0.0968 e. The van der Waals surface area contributed by atoms with Gasteiger partial charge in [-0.05, 0) is 37.0 Å². The highest BCUT2D eigenvalue weighted by Crippen LogP contribution is 2.41. The van der Waals surface area contributed by atoms with Gasteiger partial charge in [-0.15, -0.1) is 0 Å². The van der Waals surface area contributed by atoms with Gasteiger partial charge in [0.25, 0.3) is 0 Å². The van der Waals surface area contributed by atoms with Crippen LogP contribution in [0.15, 0.2) is 24.3 Å². The van der Waals surface area contributed by atoms with Crippen molar-refractivity contribution in [1.82, 2.24) is 5.32 Å². The van der Waals surface area contributed by atoms with Crippen molar-refractivity contribution in [1.29, 1.82) is 0 Å². The number of nitrogens with one attached hydrogen (secondary N) is 1. The maximum atomic E-state index is 5.88. The summed E-state index contributed by atoms with van der Waals surface area (Å²) in [5, 5.41) is 4.24. The third kappa shape index (κ3) is 2.17. The molecule has 0 radical (unpaired) electrons. The molecule has 1 N–H and O–H groups in total. The lowest BCUT2D eigenvalue weighted by molar-refractivity contribution is 0.0915. The van der Waals surface area contributed by atoms with Crippen molar-refractivity contribution in [3.8, 4) is 0 Å². The van der Waals surface area contributed by atoms with Crippen molar-refractivity contribution < 1.29 is 4.74 Å². The molecule has 1 fully saturated rings. The molecule has 3 heteroatoms. The molecule has 0 heterocycles. The van der Waals surface area contributed by atoms with Gasteiger partial charge in [0.15, 0.2) is 0 Å². The van der Waals surface area contributed by atoms with E-state index >= 15 is 0 Å². The number of benzene rings is 1. The lowest BCUT2D eigenvalue weighted by Crippen LogP contribution is -2.48. The quantitative estimate of drug-likeness (QED) is 0.796. The molecule has 0 spiro atoms. The third-order valence-electron chi connectivity index (χ3n) is 3.16. The zero-order chi connectivity index (χ0) is 10.7. The van der Waals surface area contributed by atoms with Gasteiger partial charge in [-0.25, -0.2) is 0 Å². The van der Waals surface area contributed by atoms with Crippen LogP contribution in [-0.4, -0.2) is 13.8 Å². The van der Waals surface area contributed by atoms with Crippen LogP contribution in [0.3, 0.4) is 0 Å². The summed E-state index contributed by atoms with van der Waals surface area (Å²) < 4.78 is 5.08. The number of rotatable bonds is 4. The summed E-state index contributed by atoms with van der Waals surface area (Å²) in [6, 6.07) is 8.10. The Morgan fingerprint density at radius 3 is 2.47 bits per heavy atom. The van der Waals surface area contributed by atoms with Crippen LogP contribution in [0.5, 0.6) is 0 Å². The predicted octanol–water partition coefficient (Wildman–Crippen LogP) is 2.91. The van der Waals surface area contributed by atoms with Gasteiger partial charge in [-0.1, -0.05) is 23.7 Å². The number of methoxy groups -OCH3 is 1. The minimum Gasteiger partial charge on any atom is -0.370 e. The summed E-state index contributed by atoms with van der Waals surface area (Å²) in [6.45, 7) is 0.600. The molecule has 1 aromatic carbocycles. The van der Waals surface area contributed by atoms with Gasteiger partial charge in [0, 0.05) is 17.7 Å². The normalized spacial score (nSPS) is 18.5. The number of ether oxygens (including phenoxy) is 1. The lowest BCUT2D eigenvalue weighted by Gasteiger charge is -2.43. The molecule has 0 aliphatic heterocycles. The summed E-state index contributed by atoms with van der Waals surface area (Å²) in [5.41, 5.74) is 1.44. The predicted molar refractivity (Wildman–Crippen MR) is 62.0 cm³/mol. The minimum absolute atomic E-state index is 0.126. The van der Waals surface area contributed by atoms with Crippen molar-refractivity contribution in [2.75, 3.05) is 13.8 Å². The topological polar surface area (TPSA) is 21.3 Å². The zero-order valence-corrected chi connectivity index (χ0v) is 9.68. The fourth-order valence-electron chi connectivity index (χ4n) is 2.08. The third-order valence-corrected chi connectivity index (χ3v) is 3.41. The summed E-state index contributed by atoms with van der Waals surface area (Å²) in [7, 11) is 1.71. The Labute approximate surface area is 95.6 Å². The lowest BCUT2D eigenvalue weighted by atomic mass is 9.72. The van der Waals surface area contributed by atoms with E-state index in [4.69, 9.17) is 16.3 Å². The van der Waals surface area contributed by atoms with Crippen LogP contribution >= 0.6 is 11.6 Å². The highest BCUT2D eigenvalue weighted by Gasteiger charge is 2.37. The Bertz CT molecular complexity index is 319. The molecule has 1 aromatic rings. The maximum absolute atomic E-state index is 5.88. The Morgan fingerprint density at radius 2 is 2.00 bits per heavy atom. The van der Waals surface area contributed by atoms with Crippen molar-refractivity contribution in [2.45, 2.75) is 24.8 Å². The average Bonchev–Trinajstić information content (AvgIpc) is 2.19. The molecule has 0 bridgehead atoms. The SMILES string of the molecule is COCNC1(c2ccc(Cl)cc2)CCC1. The molecular weight excluding hydrogens is 210 g/mol. The van der Waals surface area contributed by atoms with E-state index in [1.54, 1.807) is 7.11 Å². The minimum atomic E-state index is 0.126. The second-order valence-electron chi connectivity index (χ2n) is 4.05. The van der Waals surface area contributed by atoms with Crippen molar-refractivity contribution >= 4 is 11.6 Å². The highest BCUT2D eigenvalue weighted by atomic mass is 35.5. The zero-order valence-electron chi connectivity index (χ0n) is 8.92. The monoisotopic (exact) mass is 225 g/mol. The van der Waals surface area contributed by atoms with Crippen LogP contribution in [0.2, 0.25) is 5.02 Å². The summed E-state index contributed by atoms with van der Waals surface area (Å²) in [6.07, 6.45) is 3.63. The van der Waals surface area contributed by atoms with E-state index in [0.717, 1.165) is 5.02 Å². The molecule has 0 aromatic heterocycles. The van der Waals surface area contributed by atoms with Crippen LogP contribution in [0.25, 0.3) is 0 Å². The fourth-order valence-corrected chi connectivity index (χ4v) is 2.20. The summed E-state index contributed by atoms with van der Waals surface area (Å²) in [5.74, 6) is 0. The van der Waals surface area contributed by atoms with Crippen molar-refractivity contribution in [3.63, 3.8) is 0 Å². The Hall–Kier alpha value is -0.570. The van der Waals surface area contributed by atoms with Crippen LogP contribution in [0, 0.1) is 0 Å². The Morgan fingerprint density at radius 1 is 1.33 bits per heavy atom. The molecule has 0 saturated heterocycles. The van der Waals surface area contributed by atoms with E-state index in [-0.39, 0.29) is 5.54 Å². The smallest absolute Gasteiger partial charge is 0.0968 e. The van der Waals surface area contributed by atoms with E-state index in [2.05, 4.69) is 17.4 Å². The first-order valence-corrected chi connectivity index (χ1v) is 5.65. The number of halogens is 1. The summed E-state index contributed by atoms with van der Waals surface area (Å²) in [4.78, 5) is 0. The van der Waals surface area contributed by atoms with Gasteiger partial charge in [0.05, 0.1) is 6.73 Å². The first kappa shape index (κ1) is 10.9. The molecule has 0 atom stereocenters.